The molecule has 0 amide bonds. The van der Waals surface area contributed by atoms with Crippen LogP contribution in [0.15, 0.2) is 9.52 Å². The Morgan fingerprint density at radius 3 is 2.54 bits per heavy atom. The Balaban J connectivity index is 0.00000392. The van der Waals surface area contributed by atoms with Crippen molar-refractivity contribution in [3.63, 3.8) is 0 Å². The maximum absolute atomic E-state index is 12.0. The maximum Gasteiger partial charge on any atom is 0.228 e. The number of piperidine rings is 1. The molecule has 1 aromatic heterocycles. The molecule has 28 heavy (non-hydrogen) atoms. The Morgan fingerprint density at radius 1 is 1.32 bits per heavy atom. The highest BCUT2D eigenvalue weighted by Crippen LogP contribution is 2.14. The summed E-state index contributed by atoms with van der Waals surface area (Å²) in [7, 11) is -3.10. The van der Waals surface area contributed by atoms with Crippen LogP contribution < -0.4 is 10.6 Å². The zero-order valence-electron chi connectivity index (χ0n) is 17.1. The van der Waals surface area contributed by atoms with Crippen molar-refractivity contribution in [2.75, 3.05) is 31.9 Å². The first-order chi connectivity index (χ1) is 12.9. The van der Waals surface area contributed by atoms with E-state index in [0.29, 0.717) is 37.8 Å². The molecule has 1 aromatic rings. The van der Waals surface area contributed by atoms with Crippen LogP contribution in [0.1, 0.15) is 58.2 Å². The lowest BCUT2D eigenvalue weighted by Gasteiger charge is -2.32. The number of rotatable bonds is 8. The third-order valence-electron chi connectivity index (χ3n) is 4.49. The number of halogens is 1. The van der Waals surface area contributed by atoms with E-state index < -0.39 is 10.0 Å². The molecule has 2 rings (SSSR count). The molecule has 11 heteroatoms. The van der Waals surface area contributed by atoms with E-state index >= 15 is 0 Å². The molecular formula is C17H33IN6O3S. The summed E-state index contributed by atoms with van der Waals surface area (Å²) in [4.78, 5) is 8.93. The molecule has 0 saturated carbocycles. The molecular weight excluding hydrogens is 495 g/mol. The highest BCUT2D eigenvalue weighted by Gasteiger charge is 2.27. The van der Waals surface area contributed by atoms with Crippen molar-refractivity contribution in [3.05, 3.63) is 11.7 Å². The molecule has 1 saturated heterocycles. The van der Waals surface area contributed by atoms with Gasteiger partial charge in [0.2, 0.25) is 15.9 Å². The van der Waals surface area contributed by atoms with Gasteiger partial charge in [0.15, 0.2) is 11.8 Å². The van der Waals surface area contributed by atoms with Gasteiger partial charge >= 0.3 is 0 Å². The number of aliphatic imine (C=N–C) groups is 1. The lowest BCUT2D eigenvalue weighted by Crippen LogP contribution is -2.50. The molecule has 1 fully saturated rings. The van der Waals surface area contributed by atoms with Crippen LogP contribution in [0.2, 0.25) is 0 Å². The van der Waals surface area contributed by atoms with Gasteiger partial charge in [-0.15, -0.1) is 24.0 Å². The van der Waals surface area contributed by atoms with Crippen molar-refractivity contribution in [1.29, 1.82) is 0 Å². The summed E-state index contributed by atoms with van der Waals surface area (Å²) >= 11 is 0. The van der Waals surface area contributed by atoms with Crippen LogP contribution in [0.3, 0.4) is 0 Å². The fourth-order valence-electron chi connectivity index (χ4n) is 2.84. The largest absolute Gasteiger partial charge is 0.357 e. The summed E-state index contributed by atoms with van der Waals surface area (Å²) in [6.45, 7) is 10.1. The minimum absolute atomic E-state index is 0. The Morgan fingerprint density at radius 2 is 2.00 bits per heavy atom. The topological polar surface area (TPSA) is 113 Å². The molecule has 0 unspecified atom stereocenters. The standard InChI is InChI=1S/C17H32N6O3S.HI/c1-5-18-17(19-10-7-15-21-16(13(3)4)22-26-15)20-14-8-11-23(12-9-14)27(24,25)6-2;/h13-14H,5-12H2,1-4H3,(H2,18,19,20);1H. The Hall–Kier alpha value is -0.950. The summed E-state index contributed by atoms with van der Waals surface area (Å²) in [5, 5.41) is 10.6. The molecule has 9 nitrogen and oxygen atoms in total. The van der Waals surface area contributed by atoms with Crippen LogP contribution in [-0.4, -0.2) is 66.8 Å². The van der Waals surface area contributed by atoms with Gasteiger partial charge in [-0.3, -0.25) is 4.99 Å². The first-order valence-corrected chi connectivity index (χ1v) is 11.3. The monoisotopic (exact) mass is 528 g/mol. The van der Waals surface area contributed by atoms with Crippen LogP contribution in [0.5, 0.6) is 0 Å². The van der Waals surface area contributed by atoms with E-state index in [0.717, 1.165) is 25.3 Å². The van der Waals surface area contributed by atoms with Gasteiger partial charge < -0.3 is 15.2 Å². The van der Waals surface area contributed by atoms with Gasteiger partial charge in [0.1, 0.15) is 0 Å². The first kappa shape index (κ1) is 25.1. The average molecular weight is 528 g/mol. The van der Waals surface area contributed by atoms with Crippen LogP contribution in [0.25, 0.3) is 0 Å². The molecule has 0 aromatic carbocycles. The second-order valence-corrected chi connectivity index (χ2v) is 9.19. The second-order valence-electron chi connectivity index (χ2n) is 6.93. The molecule has 1 aliphatic heterocycles. The summed E-state index contributed by atoms with van der Waals surface area (Å²) in [6.07, 6.45) is 2.12. The van der Waals surface area contributed by atoms with E-state index in [1.165, 1.54) is 0 Å². The van der Waals surface area contributed by atoms with Gasteiger partial charge in [0, 0.05) is 38.0 Å². The van der Waals surface area contributed by atoms with E-state index in [-0.39, 0.29) is 41.7 Å². The highest BCUT2D eigenvalue weighted by atomic mass is 127. The Bertz CT molecular complexity index is 714. The summed E-state index contributed by atoms with van der Waals surface area (Å²) in [5.74, 6) is 2.44. The Kier molecular flexibility index (Phi) is 10.7. The van der Waals surface area contributed by atoms with E-state index in [4.69, 9.17) is 4.52 Å². The average Bonchev–Trinajstić information content (AvgIpc) is 3.11. The van der Waals surface area contributed by atoms with Crippen molar-refractivity contribution >= 4 is 40.0 Å². The predicted octanol–water partition coefficient (Wildman–Crippen LogP) is 1.72. The summed E-state index contributed by atoms with van der Waals surface area (Å²) < 4.78 is 30.7. The lowest BCUT2D eigenvalue weighted by molar-refractivity contribution is 0.306. The van der Waals surface area contributed by atoms with E-state index in [1.807, 2.05) is 20.8 Å². The van der Waals surface area contributed by atoms with Crippen LogP contribution >= 0.6 is 24.0 Å². The molecule has 0 atom stereocenters. The predicted molar refractivity (Wildman–Crippen MR) is 121 cm³/mol. The van der Waals surface area contributed by atoms with E-state index in [2.05, 4.69) is 25.8 Å². The number of guanidine groups is 1. The van der Waals surface area contributed by atoms with Gasteiger partial charge in [-0.2, -0.15) is 4.98 Å². The van der Waals surface area contributed by atoms with Gasteiger partial charge in [-0.1, -0.05) is 19.0 Å². The SMILES string of the molecule is CCNC(=NCCc1nc(C(C)C)no1)NC1CCN(S(=O)(=O)CC)CC1.I. The van der Waals surface area contributed by atoms with E-state index in [1.54, 1.807) is 11.2 Å². The Labute approximate surface area is 185 Å². The van der Waals surface area contributed by atoms with E-state index in [9.17, 15) is 8.42 Å². The van der Waals surface area contributed by atoms with Crippen molar-refractivity contribution in [2.45, 2.75) is 58.9 Å². The number of hydrogen-bond donors (Lipinski definition) is 2. The fraction of sp³-hybridized carbons (Fsp3) is 0.824. The second kappa shape index (κ2) is 11.9. The molecule has 0 radical (unpaired) electrons. The van der Waals surface area contributed by atoms with Gasteiger partial charge in [-0.05, 0) is 26.7 Å². The minimum atomic E-state index is -3.10. The fourth-order valence-corrected chi connectivity index (χ4v) is 3.97. The zero-order chi connectivity index (χ0) is 19.9. The number of nitrogens with zero attached hydrogens (tertiary/aromatic N) is 4. The number of aromatic nitrogens is 2. The van der Waals surface area contributed by atoms with Gasteiger partial charge in [0.05, 0.1) is 12.3 Å². The third-order valence-corrected chi connectivity index (χ3v) is 6.37. The molecule has 0 spiro atoms. The van der Waals surface area contributed by atoms with Gasteiger partial charge in [-0.25, -0.2) is 12.7 Å². The van der Waals surface area contributed by atoms with Crippen LogP contribution in [0, 0.1) is 0 Å². The minimum Gasteiger partial charge on any atom is -0.357 e. The van der Waals surface area contributed by atoms with Crippen molar-refractivity contribution in [3.8, 4) is 0 Å². The van der Waals surface area contributed by atoms with Crippen LogP contribution in [0.4, 0.5) is 0 Å². The summed E-state index contributed by atoms with van der Waals surface area (Å²) in [5.41, 5.74) is 0. The molecule has 1 aliphatic rings. The van der Waals surface area contributed by atoms with Gasteiger partial charge in [0.25, 0.3) is 0 Å². The molecule has 2 N–H and O–H groups in total. The number of nitrogens with one attached hydrogen (secondary N) is 2. The zero-order valence-corrected chi connectivity index (χ0v) is 20.3. The third kappa shape index (κ3) is 7.47. The van der Waals surface area contributed by atoms with Crippen molar-refractivity contribution in [1.82, 2.24) is 25.1 Å². The maximum atomic E-state index is 12.0. The smallest absolute Gasteiger partial charge is 0.228 e. The highest BCUT2D eigenvalue weighted by molar-refractivity contribution is 14.0. The molecule has 0 bridgehead atoms. The quantitative estimate of drug-likeness (QED) is 0.300. The molecule has 0 aliphatic carbocycles. The number of hydrogen-bond acceptors (Lipinski definition) is 6. The van der Waals surface area contributed by atoms with Crippen molar-refractivity contribution in [2.24, 2.45) is 4.99 Å². The lowest BCUT2D eigenvalue weighted by atomic mass is 10.1. The molecule has 162 valence electrons. The first-order valence-electron chi connectivity index (χ1n) is 9.70. The van der Waals surface area contributed by atoms with Crippen LogP contribution in [-0.2, 0) is 16.4 Å². The normalized spacial score (nSPS) is 16.8. The van der Waals surface area contributed by atoms with Crippen molar-refractivity contribution < 1.29 is 12.9 Å². The summed E-state index contributed by atoms with van der Waals surface area (Å²) in [6, 6.07) is 0.210. The number of sulfonamides is 1. The molecule has 2 heterocycles.